The van der Waals surface area contributed by atoms with E-state index in [1.165, 1.54) is 4.90 Å². The Morgan fingerprint density at radius 3 is 2.28 bits per heavy atom. The quantitative estimate of drug-likeness (QED) is 0.655. The fourth-order valence-corrected chi connectivity index (χ4v) is 2.98. The van der Waals surface area contributed by atoms with Gasteiger partial charge in [0, 0.05) is 32.0 Å². The number of anilines is 1. The predicted octanol–water partition coefficient (Wildman–Crippen LogP) is 1.90. The minimum atomic E-state index is -4.56. The maximum Gasteiger partial charge on any atom is 0.419 e. The first kappa shape index (κ1) is 23.1. The SMILES string of the molecule is CC(C)(C)OC(=O)N1CCN(c2ncc(C(F)(F)F)cn2)C[C@H]1COS(C)(=O)=O. The lowest BCUT2D eigenvalue weighted by atomic mass is 10.2. The van der Waals surface area contributed by atoms with Crippen LogP contribution in [-0.4, -0.2) is 73.5 Å². The maximum absolute atomic E-state index is 12.7. The second kappa shape index (κ2) is 8.30. The number of ether oxygens (including phenoxy) is 1. The van der Waals surface area contributed by atoms with Crippen molar-refractivity contribution in [2.24, 2.45) is 0 Å². The van der Waals surface area contributed by atoms with E-state index in [1.54, 1.807) is 25.7 Å². The molecule has 2 rings (SSSR count). The predicted molar refractivity (Wildman–Crippen MR) is 96.8 cm³/mol. The highest BCUT2D eigenvalue weighted by Crippen LogP contribution is 2.28. The van der Waals surface area contributed by atoms with Crippen molar-refractivity contribution in [2.75, 3.05) is 37.4 Å². The Bertz CT molecular complexity index is 824. The van der Waals surface area contributed by atoms with E-state index in [2.05, 4.69) is 9.97 Å². The van der Waals surface area contributed by atoms with Crippen molar-refractivity contribution < 1.29 is 35.3 Å². The van der Waals surface area contributed by atoms with Gasteiger partial charge in [-0.2, -0.15) is 21.6 Å². The van der Waals surface area contributed by atoms with Crippen LogP contribution >= 0.6 is 0 Å². The van der Waals surface area contributed by atoms with Crippen LogP contribution in [0.1, 0.15) is 26.3 Å². The van der Waals surface area contributed by atoms with Crippen LogP contribution in [0.15, 0.2) is 12.4 Å². The number of aromatic nitrogens is 2. The van der Waals surface area contributed by atoms with Gasteiger partial charge in [-0.3, -0.25) is 9.08 Å². The van der Waals surface area contributed by atoms with Gasteiger partial charge in [-0.15, -0.1) is 0 Å². The summed E-state index contributed by atoms with van der Waals surface area (Å²) in [7, 11) is -3.77. The normalized spacial score (nSPS) is 18.7. The van der Waals surface area contributed by atoms with Crippen LogP contribution in [0.2, 0.25) is 0 Å². The Morgan fingerprint density at radius 1 is 1.21 bits per heavy atom. The van der Waals surface area contributed by atoms with Crippen LogP contribution in [-0.2, 0) is 25.2 Å². The summed E-state index contributed by atoms with van der Waals surface area (Å²) < 4.78 is 71.0. The molecule has 0 radical (unpaired) electrons. The molecule has 29 heavy (non-hydrogen) atoms. The van der Waals surface area contributed by atoms with E-state index < -0.39 is 39.6 Å². The Morgan fingerprint density at radius 2 is 1.79 bits per heavy atom. The number of hydrogen-bond acceptors (Lipinski definition) is 8. The van der Waals surface area contributed by atoms with Crippen molar-refractivity contribution in [2.45, 2.75) is 38.6 Å². The third-order valence-corrected chi connectivity index (χ3v) is 4.40. The Balaban J connectivity index is 2.18. The number of rotatable bonds is 4. The topological polar surface area (TPSA) is 102 Å². The zero-order valence-corrected chi connectivity index (χ0v) is 17.2. The molecule has 0 spiro atoms. The summed E-state index contributed by atoms with van der Waals surface area (Å²) in [6, 6.07) is -0.737. The van der Waals surface area contributed by atoms with Gasteiger partial charge in [-0.25, -0.2) is 14.8 Å². The molecule has 13 heteroatoms. The van der Waals surface area contributed by atoms with Gasteiger partial charge < -0.3 is 9.64 Å². The lowest BCUT2D eigenvalue weighted by Crippen LogP contribution is -2.58. The fourth-order valence-electron chi connectivity index (χ4n) is 2.57. The van der Waals surface area contributed by atoms with Gasteiger partial charge in [-0.05, 0) is 20.8 Å². The Labute approximate surface area is 166 Å². The molecule has 0 N–H and O–H groups in total. The van der Waals surface area contributed by atoms with Crippen molar-refractivity contribution in [3.8, 4) is 0 Å². The van der Waals surface area contributed by atoms with Crippen LogP contribution in [0, 0.1) is 0 Å². The van der Waals surface area contributed by atoms with E-state index >= 15 is 0 Å². The monoisotopic (exact) mass is 440 g/mol. The summed E-state index contributed by atoms with van der Waals surface area (Å²) in [6.45, 7) is 5.14. The number of piperazine rings is 1. The molecule has 1 amide bonds. The molecule has 0 unspecified atom stereocenters. The average molecular weight is 440 g/mol. The first-order chi connectivity index (χ1) is 13.2. The van der Waals surface area contributed by atoms with E-state index in [4.69, 9.17) is 8.92 Å². The molecule has 1 saturated heterocycles. The highest BCUT2D eigenvalue weighted by atomic mass is 32.2. The number of alkyl halides is 3. The molecule has 164 valence electrons. The molecular weight excluding hydrogens is 417 g/mol. The molecule has 0 aromatic carbocycles. The summed E-state index contributed by atoms with van der Waals surface area (Å²) in [5.41, 5.74) is -1.74. The van der Waals surface area contributed by atoms with E-state index in [1.807, 2.05) is 0 Å². The van der Waals surface area contributed by atoms with Gasteiger partial charge in [0.1, 0.15) is 5.60 Å². The van der Waals surface area contributed by atoms with Crippen molar-refractivity contribution in [3.05, 3.63) is 18.0 Å². The van der Waals surface area contributed by atoms with Crippen molar-refractivity contribution >= 4 is 22.2 Å². The number of nitrogens with zero attached hydrogens (tertiary/aromatic N) is 4. The summed E-state index contributed by atoms with van der Waals surface area (Å²) in [6.07, 6.45) is -2.98. The molecule has 9 nitrogen and oxygen atoms in total. The lowest BCUT2D eigenvalue weighted by molar-refractivity contribution is -0.138. The summed E-state index contributed by atoms with van der Waals surface area (Å²) in [5.74, 6) is 0.0335. The van der Waals surface area contributed by atoms with Crippen LogP contribution in [0.5, 0.6) is 0 Å². The molecular formula is C16H23F3N4O5S. The molecule has 1 aliphatic heterocycles. The molecule has 2 heterocycles. The minimum absolute atomic E-state index is 0.0335. The third-order valence-electron chi connectivity index (χ3n) is 3.83. The standard InChI is InChI=1S/C16H23F3N4O5S/c1-15(2,3)28-14(24)23-6-5-22(9-12(23)10-27-29(4,25)26)13-20-7-11(8-21-13)16(17,18)19/h7-8,12H,5-6,9-10H2,1-4H3/t12-/m0/s1. The van der Waals surface area contributed by atoms with Crippen molar-refractivity contribution in [1.82, 2.24) is 14.9 Å². The molecule has 0 aliphatic carbocycles. The number of carbonyl (C=O) groups excluding carboxylic acids is 1. The highest BCUT2D eigenvalue weighted by molar-refractivity contribution is 7.85. The maximum atomic E-state index is 12.7. The van der Waals surface area contributed by atoms with Gasteiger partial charge >= 0.3 is 12.3 Å². The largest absolute Gasteiger partial charge is 0.444 e. The molecule has 1 aromatic heterocycles. The average Bonchev–Trinajstić information content (AvgIpc) is 2.57. The summed E-state index contributed by atoms with van der Waals surface area (Å²) in [4.78, 5) is 22.8. The molecule has 0 bridgehead atoms. The van der Waals surface area contributed by atoms with Gasteiger partial charge in [-0.1, -0.05) is 0 Å². The third kappa shape index (κ3) is 6.99. The number of amides is 1. The summed E-state index contributed by atoms with van der Waals surface area (Å²) in [5, 5.41) is 0. The molecule has 1 fully saturated rings. The van der Waals surface area contributed by atoms with Crippen molar-refractivity contribution in [1.29, 1.82) is 0 Å². The molecule has 1 aromatic rings. The van der Waals surface area contributed by atoms with E-state index in [0.717, 1.165) is 6.26 Å². The van der Waals surface area contributed by atoms with E-state index in [9.17, 15) is 26.4 Å². The van der Waals surface area contributed by atoms with Gasteiger partial charge in [0.25, 0.3) is 10.1 Å². The zero-order valence-electron chi connectivity index (χ0n) is 16.4. The van der Waals surface area contributed by atoms with Gasteiger partial charge in [0.15, 0.2) is 0 Å². The number of hydrogen-bond donors (Lipinski definition) is 0. The number of carbonyl (C=O) groups is 1. The highest BCUT2D eigenvalue weighted by Gasteiger charge is 2.36. The summed E-state index contributed by atoms with van der Waals surface area (Å²) >= 11 is 0. The smallest absolute Gasteiger partial charge is 0.419 e. The Hall–Kier alpha value is -2.15. The Kier molecular flexibility index (Phi) is 6.62. The minimum Gasteiger partial charge on any atom is -0.444 e. The first-order valence-electron chi connectivity index (χ1n) is 8.64. The molecule has 1 aliphatic rings. The van der Waals surface area contributed by atoms with Crippen LogP contribution in [0.3, 0.4) is 0 Å². The van der Waals surface area contributed by atoms with Gasteiger partial charge in [0.2, 0.25) is 5.95 Å². The number of halogens is 3. The van der Waals surface area contributed by atoms with Crippen molar-refractivity contribution in [3.63, 3.8) is 0 Å². The lowest BCUT2D eigenvalue weighted by Gasteiger charge is -2.41. The van der Waals surface area contributed by atoms with Crippen LogP contribution in [0.25, 0.3) is 0 Å². The van der Waals surface area contributed by atoms with E-state index in [0.29, 0.717) is 12.4 Å². The van der Waals surface area contributed by atoms with Crippen LogP contribution in [0.4, 0.5) is 23.9 Å². The second-order valence-electron chi connectivity index (χ2n) is 7.53. The fraction of sp³-hybridized carbons (Fsp3) is 0.688. The van der Waals surface area contributed by atoms with Gasteiger partial charge in [0.05, 0.1) is 24.5 Å². The first-order valence-corrected chi connectivity index (χ1v) is 10.5. The zero-order chi connectivity index (χ0) is 22.0. The molecule has 1 atom stereocenters. The molecule has 0 saturated carbocycles. The van der Waals surface area contributed by atoms with E-state index in [-0.39, 0.29) is 32.2 Å². The second-order valence-corrected chi connectivity index (χ2v) is 9.18. The van der Waals surface area contributed by atoms with Crippen LogP contribution < -0.4 is 4.90 Å².